The van der Waals surface area contributed by atoms with E-state index in [4.69, 9.17) is 18.9 Å². The Morgan fingerprint density at radius 1 is 0.900 bits per heavy atom. The van der Waals surface area contributed by atoms with Crippen LogP contribution in [-0.2, 0) is 14.3 Å². The Hall–Kier alpha value is -2.86. The first kappa shape index (κ1) is 23.4. The second-order valence-electron chi connectivity index (χ2n) is 6.64. The molecule has 2 aromatic carbocycles. The Kier molecular flexibility index (Phi) is 10.4. The number of unbranched alkanes of at least 4 members (excludes halogenated alkanes) is 2. The predicted octanol–water partition coefficient (Wildman–Crippen LogP) is 5.19. The lowest BCUT2D eigenvalue weighted by atomic mass is 10.0. The van der Waals surface area contributed by atoms with Gasteiger partial charge in [-0.1, -0.05) is 18.7 Å². The zero-order chi connectivity index (χ0) is 21.6. The van der Waals surface area contributed by atoms with Gasteiger partial charge in [0.1, 0.15) is 17.3 Å². The van der Waals surface area contributed by atoms with Crippen molar-refractivity contribution in [3.63, 3.8) is 0 Å². The van der Waals surface area contributed by atoms with Gasteiger partial charge in [-0.05, 0) is 55.5 Å². The van der Waals surface area contributed by atoms with Crippen LogP contribution in [0.4, 0.5) is 4.39 Å². The number of ether oxygens (including phenoxy) is 4. The van der Waals surface area contributed by atoms with E-state index in [0.29, 0.717) is 44.0 Å². The van der Waals surface area contributed by atoms with Gasteiger partial charge in [-0.25, -0.2) is 9.18 Å². The van der Waals surface area contributed by atoms with E-state index in [1.165, 1.54) is 6.07 Å². The van der Waals surface area contributed by atoms with Gasteiger partial charge in [-0.3, -0.25) is 0 Å². The fourth-order valence-corrected chi connectivity index (χ4v) is 2.71. The summed E-state index contributed by atoms with van der Waals surface area (Å²) in [7, 11) is 1.68. The summed E-state index contributed by atoms with van der Waals surface area (Å²) in [6, 6.07) is 12.2. The standard InChI is InChI=1S/C24H29FO5/c1-3-24(26)30-17-7-6-16-29-21-12-13-22(23(25)18-21)19-8-10-20(11-9-19)28-15-5-4-14-27-2/h3,8-13,18H,1,4-7,14-17H2,2H3. The number of hydrogen-bond acceptors (Lipinski definition) is 5. The SMILES string of the molecule is C=CC(=O)OCCCCOc1ccc(-c2ccc(OCCCCOC)cc2)c(F)c1. The van der Waals surface area contributed by atoms with Gasteiger partial charge in [0, 0.05) is 31.4 Å². The van der Waals surface area contributed by atoms with Crippen molar-refractivity contribution in [1.29, 1.82) is 0 Å². The second-order valence-corrected chi connectivity index (χ2v) is 6.64. The second kappa shape index (κ2) is 13.4. The van der Waals surface area contributed by atoms with E-state index in [1.807, 2.05) is 24.3 Å². The van der Waals surface area contributed by atoms with Gasteiger partial charge in [0.25, 0.3) is 0 Å². The highest BCUT2D eigenvalue weighted by Crippen LogP contribution is 2.28. The van der Waals surface area contributed by atoms with Gasteiger partial charge < -0.3 is 18.9 Å². The molecular weight excluding hydrogens is 387 g/mol. The van der Waals surface area contributed by atoms with Crippen molar-refractivity contribution in [2.75, 3.05) is 33.5 Å². The molecule has 0 heterocycles. The minimum absolute atomic E-state index is 0.314. The monoisotopic (exact) mass is 416 g/mol. The molecule has 2 aromatic rings. The summed E-state index contributed by atoms with van der Waals surface area (Å²) < 4.78 is 35.7. The number of esters is 1. The first-order valence-corrected chi connectivity index (χ1v) is 10.1. The van der Waals surface area contributed by atoms with Gasteiger partial charge in [0.2, 0.25) is 0 Å². The van der Waals surface area contributed by atoms with E-state index >= 15 is 0 Å². The van der Waals surface area contributed by atoms with Gasteiger partial charge in [-0.15, -0.1) is 0 Å². The molecule has 0 saturated heterocycles. The number of hydrogen-bond donors (Lipinski definition) is 0. The zero-order valence-electron chi connectivity index (χ0n) is 17.4. The number of halogens is 1. The molecule has 0 aliphatic heterocycles. The van der Waals surface area contributed by atoms with Crippen molar-refractivity contribution < 1.29 is 28.1 Å². The molecule has 0 spiro atoms. The van der Waals surface area contributed by atoms with E-state index in [1.54, 1.807) is 19.2 Å². The highest BCUT2D eigenvalue weighted by Gasteiger charge is 2.08. The first-order valence-electron chi connectivity index (χ1n) is 10.1. The van der Waals surface area contributed by atoms with E-state index in [-0.39, 0.29) is 5.82 Å². The summed E-state index contributed by atoms with van der Waals surface area (Å²) in [6.45, 7) is 5.42. The molecule has 0 fully saturated rings. The van der Waals surface area contributed by atoms with Crippen LogP contribution < -0.4 is 9.47 Å². The smallest absolute Gasteiger partial charge is 0.330 e. The van der Waals surface area contributed by atoms with E-state index in [2.05, 4.69) is 6.58 Å². The molecule has 0 radical (unpaired) electrons. The molecule has 2 rings (SSSR count). The molecule has 6 heteroatoms. The van der Waals surface area contributed by atoms with Crippen LogP contribution in [0.5, 0.6) is 11.5 Å². The third kappa shape index (κ3) is 8.25. The third-order valence-electron chi connectivity index (χ3n) is 4.34. The van der Waals surface area contributed by atoms with Crippen LogP contribution >= 0.6 is 0 Å². The summed E-state index contributed by atoms with van der Waals surface area (Å²) in [6.07, 6.45) is 4.37. The van der Waals surface area contributed by atoms with Crippen molar-refractivity contribution in [2.45, 2.75) is 25.7 Å². The number of carbonyl (C=O) groups is 1. The molecule has 0 N–H and O–H groups in total. The highest BCUT2D eigenvalue weighted by atomic mass is 19.1. The van der Waals surface area contributed by atoms with Crippen LogP contribution in [0.2, 0.25) is 0 Å². The number of rotatable bonds is 14. The Morgan fingerprint density at radius 2 is 1.50 bits per heavy atom. The van der Waals surface area contributed by atoms with Crippen molar-refractivity contribution in [3.05, 3.63) is 60.9 Å². The minimum Gasteiger partial charge on any atom is -0.494 e. The normalized spacial score (nSPS) is 10.5. The third-order valence-corrected chi connectivity index (χ3v) is 4.34. The van der Waals surface area contributed by atoms with Gasteiger partial charge in [-0.2, -0.15) is 0 Å². The van der Waals surface area contributed by atoms with Gasteiger partial charge in [0.05, 0.1) is 19.8 Å². The molecule has 5 nitrogen and oxygen atoms in total. The Morgan fingerprint density at radius 3 is 2.13 bits per heavy atom. The fourth-order valence-electron chi connectivity index (χ4n) is 2.71. The molecule has 0 aliphatic carbocycles. The average molecular weight is 416 g/mol. The van der Waals surface area contributed by atoms with Crippen LogP contribution in [0.1, 0.15) is 25.7 Å². The maximum Gasteiger partial charge on any atom is 0.330 e. The molecule has 0 bridgehead atoms. The fraction of sp³-hybridized carbons (Fsp3) is 0.375. The first-order chi connectivity index (χ1) is 14.6. The Balaban J connectivity index is 1.79. The van der Waals surface area contributed by atoms with Crippen LogP contribution in [0.3, 0.4) is 0 Å². The lowest BCUT2D eigenvalue weighted by Gasteiger charge is -2.10. The van der Waals surface area contributed by atoms with Crippen LogP contribution in [0, 0.1) is 5.82 Å². The molecule has 0 amide bonds. The lowest BCUT2D eigenvalue weighted by molar-refractivity contribution is -0.137. The van der Waals surface area contributed by atoms with Crippen molar-refractivity contribution in [1.82, 2.24) is 0 Å². The van der Waals surface area contributed by atoms with Crippen molar-refractivity contribution >= 4 is 5.97 Å². The van der Waals surface area contributed by atoms with Crippen LogP contribution in [0.25, 0.3) is 11.1 Å². The van der Waals surface area contributed by atoms with Crippen LogP contribution in [0.15, 0.2) is 55.1 Å². The van der Waals surface area contributed by atoms with E-state index in [0.717, 1.165) is 36.8 Å². The summed E-state index contributed by atoms with van der Waals surface area (Å²) in [4.78, 5) is 10.9. The predicted molar refractivity (Wildman–Crippen MR) is 114 cm³/mol. The quantitative estimate of drug-likeness (QED) is 0.241. The maximum atomic E-state index is 14.5. The number of carbonyl (C=O) groups excluding carboxylic acids is 1. The van der Waals surface area contributed by atoms with E-state index in [9.17, 15) is 9.18 Å². The Bertz CT molecular complexity index is 789. The summed E-state index contributed by atoms with van der Waals surface area (Å²) in [5.41, 5.74) is 1.28. The summed E-state index contributed by atoms with van der Waals surface area (Å²) >= 11 is 0. The van der Waals surface area contributed by atoms with E-state index < -0.39 is 5.97 Å². The molecule has 0 unspecified atom stereocenters. The maximum absolute atomic E-state index is 14.5. The summed E-state index contributed by atoms with van der Waals surface area (Å²) in [5.74, 6) is 0.446. The van der Waals surface area contributed by atoms with Crippen LogP contribution in [-0.4, -0.2) is 39.5 Å². The molecule has 30 heavy (non-hydrogen) atoms. The topological polar surface area (TPSA) is 54.0 Å². The Labute approximate surface area is 177 Å². The molecule has 0 saturated carbocycles. The van der Waals surface area contributed by atoms with Gasteiger partial charge in [0.15, 0.2) is 0 Å². The summed E-state index contributed by atoms with van der Waals surface area (Å²) in [5, 5.41) is 0. The zero-order valence-corrected chi connectivity index (χ0v) is 17.4. The van der Waals surface area contributed by atoms with Gasteiger partial charge >= 0.3 is 5.97 Å². The highest BCUT2D eigenvalue weighted by molar-refractivity contribution is 5.81. The van der Waals surface area contributed by atoms with Crippen molar-refractivity contribution in [2.24, 2.45) is 0 Å². The molecule has 0 aromatic heterocycles. The lowest BCUT2D eigenvalue weighted by Crippen LogP contribution is -2.04. The average Bonchev–Trinajstić information content (AvgIpc) is 2.76. The van der Waals surface area contributed by atoms with Crippen molar-refractivity contribution in [3.8, 4) is 22.6 Å². The molecule has 0 aliphatic rings. The molecule has 162 valence electrons. The molecular formula is C24H29FO5. The number of methoxy groups -OCH3 is 1. The molecule has 0 atom stereocenters. The number of benzene rings is 2. The largest absolute Gasteiger partial charge is 0.494 e. The minimum atomic E-state index is -0.435.